The molecule has 18 heavy (non-hydrogen) atoms. The van der Waals surface area contributed by atoms with Crippen LogP contribution >= 0.6 is 0 Å². The van der Waals surface area contributed by atoms with Crippen LogP contribution in [0.5, 0.6) is 0 Å². The molecule has 2 unspecified atom stereocenters. The lowest BCUT2D eigenvalue weighted by Crippen LogP contribution is -2.61. The molecule has 0 spiro atoms. The van der Waals surface area contributed by atoms with Crippen molar-refractivity contribution in [1.29, 1.82) is 0 Å². The lowest BCUT2D eigenvalue weighted by atomic mass is 10.0. The molecule has 0 aromatic rings. The van der Waals surface area contributed by atoms with Crippen LogP contribution in [0.4, 0.5) is 0 Å². The normalized spacial score (nSPS) is 15.7. The minimum Gasteiger partial charge on any atom is -0.376 e. The number of hydrogen-bond donors (Lipinski definition) is 2. The molecule has 0 aliphatic heterocycles. The van der Waals surface area contributed by atoms with Gasteiger partial charge in [-0.1, -0.05) is 26.2 Å². The largest absolute Gasteiger partial charge is 0.518 e. The summed E-state index contributed by atoms with van der Waals surface area (Å²) in [4.78, 5) is 0. The Hall–Kier alpha value is 0.0169. The van der Waals surface area contributed by atoms with Crippen molar-refractivity contribution in [3.8, 4) is 0 Å². The lowest BCUT2D eigenvalue weighted by Gasteiger charge is -2.33. The Morgan fingerprint density at radius 2 is 1.44 bits per heavy atom. The maximum absolute atomic E-state index is 6.24. The molecule has 0 amide bonds. The molecule has 0 aliphatic rings. The van der Waals surface area contributed by atoms with Crippen molar-refractivity contribution >= 4 is 8.80 Å². The van der Waals surface area contributed by atoms with Crippen molar-refractivity contribution < 1.29 is 13.3 Å². The Labute approximate surface area is 113 Å². The molecule has 0 aromatic heterocycles. The van der Waals surface area contributed by atoms with Crippen molar-refractivity contribution in [2.24, 2.45) is 17.4 Å². The first-order valence-electron chi connectivity index (χ1n) is 6.69. The van der Waals surface area contributed by atoms with E-state index in [9.17, 15) is 0 Å². The van der Waals surface area contributed by atoms with Gasteiger partial charge in [0.25, 0.3) is 0 Å². The van der Waals surface area contributed by atoms with Crippen molar-refractivity contribution in [3.05, 3.63) is 0 Å². The number of rotatable bonds is 11. The summed E-state index contributed by atoms with van der Waals surface area (Å²) >= 11 is 0. The first-order valence-corrected chi connectivity index (χ1v) is 8.49. The predicted molar refractivity (Wildman–Crippen MR) is 76.1 cm³/mol. The van der Waals surface area contributed by atoms with Crippen LogP contribution in [0.15, 0.2) is 0 Å². The van der Waals surface area contributed by atoms with E-state index < -0.39 is 8.80 Å². The lowest BCUT2D eigenvalue weighted by molar-refractivity contribution is 0.104. The Morgan fingerprint density at radius 3 is 1.89 bits per heavy atom. The van der Waals surface area contributed by atoms with Crippen molar-refractivity contribution in [2.75, 3.05) is 27.9 Å². The van der Waals surface area contributed by atoms with Crippen LogP contribution in [-0.4, -0.2) is 42.3 Å². The SMILES string of the molecule is CO[Si](OC)(OC)C(N)C(C)CCCCCCN. The zero-order valence-electron chi connectivity index (χ0n) is 12.3. The zero-order chi connectivity index (χ0) is 14.0. The van der Waals surface area contributed by atoms with Crippen molar-refractivity contribution in [1.82, 2.24) is 0 Å². The summed E-state index contributed by atoms with van der Waals surface area (Å²) in [5, 5.41) is 0. The Balaban J connectivity index is 4.10. The second kappa shape index (κ2) is 9.88. The summed E-state index contributed by atoms with van der Waals surface area (Å²) in [5.74, 6) is 0.328. The van der Waals surface area contributed by atoms with Crippen LogP contribution in [0.2, 0.25) is 0 Å². The standard InChI is InChI=1S/C12H30N2O3Si/c1-11(9-7-5-6-8-10-13)12(14)18(15-2,16-3)17-4/h11-12H,5-10,13-14H2,1-4H3. The van der Waals surface area contributed by atoms with E-state index in [0.29, 0.717) is 5.92 Å². The average Bonchev–Trinajstić information content (AvgIpc) is 2.40. The molecule has 4 N–H and O–H groups in total. The molecule has 0 saturated heterocycles. The fourth-order valence-electron chi connectivity index (χ4n) is 2.15. The van der Waals surface area contributed by atoms with E-state index >= 15 is 0 Å². The van der Waals surface area contributed by atoms with Crippen LogP contribution in [0.1, 0.15) is 39.0 Å². The molecule has 2 atom stereocenters. The average molecular weight is 278 g/mol. The second-order valence-corrected chi connectivity index (χ2v) is 7.81. The molecule has 0 rings (SSSR count). The first-order chi connectivity index (χ1) is 8.57. The molecule has 0 saturated carbocycles. The van der Waals surface area contributed by atoms with Gasteiger partial charge in [-0.05, 0) is 25.3 Å². The summed E-state index contributed by atoms with van der Waals surface area (Å²) in [7, 11) is 2.11. The van der Waals surface area contributed by atoms with E-state index in [0.717, 1.165) is 25.8 Å². The third-order valence-corrected chi connectivity index (χ3v) is 6.58. The van der Waals surface area contributed by atoms with Gasteiger partial charge in [0.05, 0.1) is 5.67 Å². The number of hydrogen-bond acceptors (Lipinski definition) is 5. The molecule has 6 heteroatoms. The van der Waals surface area contributed by atoms with Gasteiger partial charge in [0.1, 0.15) is 0 Å². The molecular formula is C12H30N2O3Si. The van der Waals surface area contributed by atoms with E-state index in [1.54, 1.807) is 21.3 Å². The maximum atomic E-state index is 6.24. The quantitative estimate of drug-likeness (QED) is 0.439. The third-order valence-electron chi connectivity index (χ3n) is 3.49. The van der Waals surface area contributed by atoms with Gasteiger partial charge in [-0.25, -0.2) is 0 Å². The van der Waals surface area contributed by atoms with Gasteiger partial charge in [0.15, 0.2) is 0 Å². The monoisotopic (exact) mass is 278 g/mol. The topological polar surface area (TPSA) is 79.7 Å². The van der Waals surface area contributed by atoms with E-state index in [1.807, 2.05) is 0 Å². The molecule has 0 heterocycles. The van der Waals surface area contributed by atoms with Gasteiger partial charge in [-0.2, -0.15) is 0 Å². The Bertz CT molecular complexity index is 195. The molecule has 110 valence electrons. The molecule has 0 aliphatic carbocycles. The smallest absolute Gasteiger partial charge is 0.376 e. The van der Waals surface area contributed by atoms with Crippen LogP contribution in [0.3, 0.4) is 0 Å². The van der Waals surface area contributed by atoms with Gasteiger partial charge in [0, 0.05) is 21.3 Å². The molecule has 0 aromatic carbocycles. The molecule has 0 bridgehead atoms. The van der Waals surface area contributed by atoms with Crippen LogP contribution < -0.4 is 11.5 Å². The maximum Gasteiger partial charge on any atom is 0.518 e. The highest BCUT2D eigenvalue weighted by Crippen LogP contribution is 2.21. The molecule has 0 radical (unpaired) electrons. The highest BCUT2D eigenvalue weighted by atomic mass is 28.4. The van der Waals surface area contributed by atoms with Gasteiger partial charge in [-0.3, -0.25) is 0 Å². The fourth-order valence-corrected chi connectivity index (χ4v) is 4.33. The summed E-state index contributed by atoms with van der Waals surface area (Å²) in [5.41, 5.74) is 11.5. The minimum absolute atomic E-state index is 0.174. The number of nitrogens with two attached hydrogens (primary N) is 2. The van der Waals surface area contributed by atoms with Crippen LogP contribution in [-0.2, 0) is 13.3 Å². The Kier molecular flexibility index (Phi) is 9.89. The zero-order valence-corrected chi connectivity index (χ0v) is 13.3. The number of unbranched alkanes of at least 4 members (excludes halogenated alkanes) is 3. The summed E-state index contributed by atoms with van der Waals surface area (Å²) in [6.07, 6.45) is 5.73. The minimum atomic E-state index is -2.70. The van der Waals surface area contributed by atoms with Gasteiger partial charge in [-0.15, -0.1) is 0 Å². The highest BCUT2D eigenvalue weighted by Gasteiger charge is 2.47. The van der Waals surface area contributed by atoms with E-state index in [1.165, 1.54) is 12.8 Å². The molecule has 5 nitrogen and oxygen atoms in total. The van der Waals surface area contributed by atoms with E-state index in [4.69, 9.17) is 24.7 Å². The van der Waals surface area contributed by atoms with Gasteiger partial charge >= 0.3 is 8.80 Å². The summed E-state index contributed by atoms with van der Waals surface area (Å²) in [6.45, 7) is 2.91. The Morgan fingerprint density at radius 1 is 0.944 bits per heavy atom. The predicted octanol–water partition coefficient (Wildman–Crippen LogP) is 1.28. The summed E-state index contributed by atoms with van der Waals surface area (Å²) in [6, 6.07) is 0. The molecular weight excluding hydrogens is 248 g/mol. The fraction of sp³-hybridized carbons (Fsp3) is 1.00. The van der Waals surface area contributed by atoms with E-state index in [-0.39, 0.29) is 5.67 Å². The highest BCUT2D eigenvalue weighted by molar-refractivity contribution is 6.62. The third kappa shape index (κ3) is 5.34. The van der Waals surface area contributed by atoms with Crippen LogP contribution in [0.25, 0.3) is 0 Å². The van der Waals surface area contributed by atoms with Crippen molar-refractivity contribution in [3.63, 3.8) is 0 Å². The van der Waals surface area contributed by atoms with Gasteiger partial charge in [0.2, 0.25) is 0 Å². The first kappa shape index (κ1) is 18.0. The van der Waals surface area contributed by atoms with Gasteiger partial charge < -0.3 is 24.7 Å². The molecule has 0 fully saturated rings. The second-order valence-electron chi connectivity index (χ2n) is 4.71. The van der Waals surface area contributed by atoms with Crippen LogP contribution in [0, 0.1) is 5.92 Å². The van der Waals surface area contributed by atoms with Crippen molar-refractivity contribution in [2.45, 2.75) is 44.7 Å². The summed E-state index contributed by atoms with van der Waals surface area (Å²) < 4.78 is 16.3. The van der Waals surface area contributed by atoms with E-state index in [2.05, 4.69) is 6.92 Å².